The summed E-state index contributed by atoms with van der Waals surface area (Å²) < 4.78 is 0. The summed E-state index contributed by atoms with van der Waals surface area (Å²) in [5.41, 5.74) is 5.67. The van der Waals surface area contributed by atoms with E-state index in [9.17, 15) is 0 Å². The Morgan fingerprint density at radius 1 is 1.33 bits per heavy atom. The van der Waals surface area contributed by atoms with E-state index in [2.05, 4.69) is 5.32 Å². The molecule has 0 aromatic rings. The van der Waals surface area contributed by atoms with Gasteiger partial charge < -0.3 is 11.1 Å². The Morgan fingerprint density at radius 2 is 2.11 bits per heavy atom. The van der Waals surface area contributed by atoms with Crippen LogP contribution in [0, 0.1) is 0 Å². The van der Waals surface area contributed by atoms with E-state index in [4.69, 9.17) is 5.73 Å². The number of halogens is 1. The Hall–Kier alpha value is 0.210. The van der Waals surface area contributed by atoms with E-state index in [0.717, 1.165) is 13.1 Å². The van der Waals surface area contributed by atoms with Gasteiger partial charge in [-0.25, -0.2) is 0 Å². The molecule has 0 aromatic heterocycles. The van der Waals surface area contributed by atoms with Gasteiger partial charge in [0.1, 0.15) is 0 Å². The summed E-state index contributed by atoms with van der Waals surface area (Å²) in [4.78, 5) is 0. The van der Waals surface area contributed by atoms with Crippen LogP contribution in [0.15, 0.2) is 0 Å². The van der Waals surface area contributed by atoms with E-state index in [0.29, 0.717) is 6.04 Å². The van der Waals surface area contributed by atoms with E-state index >= 15 is 0 Å². The lowest BCUT2D eigenvalue weighted by Gasteiger charge is -2.04. The second kappa shape index (κ2) is 5.03. The highest BCUT2D eigenvalue weighted by atomic mass is 35.5. The number of nitrogens with one attached hydrogen (secondary N) is 1. The molecule has 1 aliphatic rings. The molecule has 0 aliphatic carbocycles. The molecule has 56 valence electrons. The van der Waals surface area contributed by atoms with Gasteiger partial charge in [0.2, 0.25) is 0 Å². The average Bonchev–Trinajstić information content (AvgIpc) is 1.94. The second-order valence-electron chi connectivity index (χ2n) is 2.46. The van der Waals surface area contributed by atoms with Gasteiger partial charge in [-0.3, -0.25) is 0 Å². The Balaban J connectivity index is 0.000000640. The summed E-state index contributed by atoms with van der Waals surface area (Å²) in [6, 6.07) is 0.414. The molecule has 0 saturated carbocycles. The summed E-state index contributed by atoms with van der Waals surface area (Å²) in [5.74, 6) is 0. The number of hydrogen-bond acceptors (Lipinski definition) is 2. The highest BCUT2D eigenvalue weighted by Gasteiger charge is 2.04. The van der Waals surface area contributed by atoms with Crippen LogP contribution in [0.5, 0.6) is 0 Å². The first-order valence-corrected chi connectivity index (χ1v) is 3.36. The van der Waals surface area contributed by atoms with Gasteiger partial charge in [0, 0.05) is 12.6 Å². The smallest absolute Gasteiger partial charge is 0.0165 e. The van der Waals surface area contributed by atoms with Crippen molar-refractivity contribution in [2.75, 3.05) is 13.1 Å². The number of hydrogen-bond donors (Lipinski definition) is 2. The fourth-order valence-electron chi connectivity index (χ4n) is 1.05. The normalized spacial score (nSPS) is 28.3. The lowest BCUT2D eigenvalue weighted by atomic mass is 10.2. The van der Waals surface area contributed by atoms with Gasteiger partial charge in [0.25, 0.3) is 0 Å². The molecular formula is C6H15ClN2. The fourth-order valence-corrected chi connectivity index (χ4v) is 1.05. The Morgan fingerprint density at radius 3 is 2.89 bits per heavy atom. The first kappa shape index (κ1) is 9.21. The van der Waals surface area contributed by atoms with Crippen LogP contribution < -0.4 is 11.1 Å². The third-order valence-corrected chi connectivity index (χ3v) is 1.58. The lowest BCUT2D eigenvalue weighted by molar-refractivity contribution is 0.600. The molecule has 0 radical (unpaired) electrons. The predicted octanol–water partition coefficient (Wildman–Crippen LogP) is 0.509. The molecule has 0 aromatic carbocycles. The SMILES string of the molecule is Cl.NC1CCCCNC1. The molecule has 3 N–H and O–H groups in total. The van der Waals surface area contributed by atoms with Gasteiger partial charge in [-0.15, -0.1) is 12.4 Å². The molecule has 1 heterocycles. The maximum atomic E-state index is 5.67. The molecule has 1 atom stereocenters. The van der Waals surface area contributed by atoms with E-state index in [1.165, 1.54) is 19.3 Å². The van der Waals surface area contributed by atoms with Crippen molar-refractivity contribution in [2.24, 2.45) is 5.73 Å². The number of rotatable bonds is 0. The van der Waals surface area contributed by atoms with Gasteiger partial charge >= 0.3 is 0 Å². The molecular weight excluding hydrogens is 136 g/mol. The Labute approximate surface area is 62.6 Å². The monoisotopic (exact) mass is 150 g/mol. The molecule has 1 fully saturated rings. The standard InChI is InChI=1S/C6H14N2.ClH/c7-6-3-1-2-4-8-5-6;/h6,8H,1-5,7H2;1H. The van der Waals surface area contributed by atoms with Gasteiger partial charge in [-0.2, -0.15) is 0 Å². The van der Waals surface area contributed by atoms with Gasteiger partial charge in [0.15, 0.2) is 0 Å². The summed E-state index contributed by atoms with van der Waals surface area (Å²) in [6.45, 7) is 2.17. The molecule has 1 saturated heterocycles. The topological polar surface area (TPSA) is 38.0 Å². The first-order valence-electron chi connectivity index (χ1n) is 3.36. The second-order valence-corrected chi connectivity index (χ2v) is 2.46. The van der Waals surface area contributed by atoms with Crippen molar-refractivity contribution in [3.63, 3.8) is 0 Å². The van der Waals surface area contributed by atoms with Crippen LogP contribution in [0.25, 0.3) is 0 Å². The Kier molecular flexibility index (Phi) is 5.15. The van der Waals surface area contributed by atoms with E-state index in [1.54, 1.807) is 0 Å². The minimum Gasteiger partial charge on any atom is -0.327 e. The molecule has 1 rings (SSSR count). The van der Waals surface area contributed by atoms with Crippen molar-refractivity contribution >= 4 is 12.4 Å². The third kappa shape index (κ3) is 3.73. The van der Waals surface area contributed by atoms with Crippen LogP contribution in [0.3, 0.4) is 0 Å². The highest BCUT2D eigenvalue weighted by molar-refractivity contribution is 5.85. The van der Waals surface area contributed by atoms with E-state index < -0.39 is 0 Å². The summed E-state index contributed by atoms with van der Waals surface area (Å²) in [7, 11) is 0. The molecule has 0 bridgehead atoms. The minimum atomic E-state index is 0. The maximum absolute atomic E-state index is 5.67. The minimum absolute atomic E-state index is 0. The Bertz CT molecular complexity index is 60.1. The van der Waals surface area contributed by atoms with Crippen molar-refractivity contribution in [1.82, 2.24) is 5.32 Å². The molecule has 1 aliphatic heterocycles. The largest absolute Gasteiger partial charge is 0.327 e. The van der Waals surface area contributed by atoms with E-state index in [1.807, 2.05) is 0 Å². The van der Waals surface area contributed by atoms with E-state index in [-0.39, 0.29) is 12.4 Å². The molecule has 9 heavy (non-hydrogen) atoms. The first-order chi connectivity index (χ1) is 3.89. The molecule has 0 spiro atoms. The maximum Gasteiger partial charge on any atom is 0.0165 e. The van der Waals surface area contributed by atoms with Crippen molar-refractivity contribution in [3.05, 3.63) is 0 Å². The summed E-state index contributed by atoms with van der Waals surface area (Å²) >= 11 is 0. The van der Waals surface area contributed by atoms with Crippen LogP contribution in [-0.4, -0.2) is 19.1 Å². The lowest BCUT2D eigenvalue weighted by Crippen LogP contribution is -2.31. The van der Waals surface area contributed by atoms with Gasteiger partial charge in [-0.05, 0) is 19.4 Å². The zero-order valence-electron chi connectivity index (χ0n) is 5.60. The predicted molar refractivity (Wildman–Crippen MR) is 41.9 cm³/mol. The fraction of sp³-hybridized carbons (Fsp3) is 1.00. The van der Waals surface area contributed by atoms with Crippen molar-refractivity contribution in [2.45, 2.75) is 25.3 Å². The van der Waals surface area contributed by atoms with Crippen LogP contribution in [0.1, 0.15) is 19.3 Å². The quantitative estimate of drug-likeness (QED) is 0.528. The third-order valence-electron chi connectivity index (χ3n) is 1.58. The zero-order chi connectivity index (χ0) is 5.82. The number of nitrogens with two attached hydrogens (primary N) is 1. The molecule has 2 nitrogen and oxygen atoms in total. The molecule has 0 amide bonds. The van der Waals surface area contributed by atoms with Crippen LogP contribution in [0.2, 0.25) is 0 Å². The van der Waals surface area contributed by atoms with Crippen molar-refractivity contribution < 1.29 is 0 Å². The van der Waals surface area contributed by atoms with Gasteiger partial charge in [-0.1, -0.05) is 6.42 Å². The summed E-state index contributed by atoms with van der Waals surface area (Å²) in [6.07, 6.45) is 3.80. The summed E-state index contributed by atoms with van der Waals surface area (Å²) in [5, 5.41) is 3.27. The average molecular weight is 151 g/mol. The van der Waals surface area contributed by atoms with Crippen LogP contribution >= 0.6 is 12.4 Å². The zero-order valence-corrected chi connectivity index (χ0v) is 6.41. The van der Waals surface area contributed by atoms with Gasteiger partial charge in [0.05, 0.1) is 0 Å². The van der Waals surface area contributed by atoms with Crippen LogP contribution in [0.4, 0.5) is 0 Å². The van der Waals surface area contributed by atoms with Crippen molar-refractivity contribution in [1.29, 1.82) is 0 Å². The highest BCUT2D eigenvalue weighted by Crippen LogP contribution is 2.00. The van der Waals surface area contributed by atoms with Crippen LogP contribution in [-0.2, 0) is 0 Å². The van der Waals surface area contributed by atoms with Crippen molar-refractivity contribution in [3.8, 4) is 0 Å². The molecule has 1 unspecified atom stereocenters. The molecule has 3 heteroatoms.